The summed E-state index contributed by atoms with van der Waals surface area (Å²) in [4.78, 5) is 37.1. The second-order valence-electron chi connectivity index (χ2n) is 10.1. The first kappa shape index (κ1) is 31.6. The van der Waals surface area contributed by atoms with E-state index in [0.717, 1.165) is 0 Å². The largest absolute Gasteiger partial charge is 0.477 e. The summed E-state index contributed by atoms with van der Waals surface area (Å²) in [6, 6.07) is 22.7. The van der Waals surface area contributed by atoms with E-state index < -0.39 is 67.0 Å². The molecule has 0 aromatic heterocycles. The van der Waals surface area contributed by atoms with Crippen molar-refractivity contribution in [3.63, 3.8) is 0 Å². The zero-order valence-corrected chi connectivity index (χ0v) is 23.3. The van der Waals surface area contributed by atoms with Crippen LogP contribution < -0.4 is 15.4 Å². The van der Waals surface area contributed by atoms with Gasteiger partial charge in [0, 0.05) is 25.5 Å². The Morgan fingerprint density at radius 3 is 2.28 bits per heavy atom. The van der Waals surface area contributed by atoms with Crippen LogP contribution in [0.4, 0.5) is 0 Å². The number of carbonyl (C=O) groups is 3. The molecule has 12 heteroatoms. The zero-order valence-electron chi connectivity index (χ0n) is 23.3. The van der Waals surface area contributed by atoms with Gasteiger partial charge in [-0.2, -0.15) is 0 Å². The van der Waals surface area contributed by atoms with E-state index in [2.05, 4.69) is 10.6 Å². The molecule has 6 N–H and O–H groups in total. The number of aliphatic carboxylic acids is 1. The Bertz CT molecular complexity index is 1390. The number of aliphatic hydroxyl groups is 3. The van der Waals surface area contributed by atoms with Crippen molar-refractivity contribution in [2.45, 2.75) is 56.2 Å². The summed E-state index contributed by atoms with van der Waals surface area (Å²) in [6.45, 7) is 0.504. The van der Waals surface area contributed by atoms with Gasteiger partial charge in [-0.05, 0) is 35.9 Å². The lowest BCUT2D eigenvalue weighted by molar-refractivity contribution is -0.314. The fourth-order valence-corrected chi connectivity index (χ4v) is 4.69. The van der Waals surface area contributed by atoms with E-state index in [4.69, 9.17) is 14.2 Å². The smallest absolute Gasteiger partial charge is 0.364 e. The number of carboxylic acids is 1. The first-order valence-electron chi connectivity index (χ1n) is 13.6. The van der Waals surface area contributed by atoms with Crippen LogP contribution in [0.3, 0.4) is 0 Å². The van der Waals surface area contributed by atoms with Crippen molar-refractivity contribution in [3.8, 4) is 11.5 Å². The topological polar surface area (TPSA) is 184 Å². The zero-order chi connectivity index (χ0) is 31.0. The molecule has 2 amide bonds. The number of rotatable bonds is 12. The van der Waals surface area contributed by atoms with E-state index in [0.29, 0.717) is 17.1 Å². The summed E-state index contributed by atoms with van der Waals surface area (Å²) >= 11 is 0. The third-order valence-corrected chi connectivity index (χ3v) is 6.86. The van der Waals surface area contributed by atoms with Gasteiger partial charge in [0.25, 0.3) is 11.7 Å². The number of benzene rings is 3. The van der Waals surface area contributed by atoms with Crippen LogP contribution in [0.5, 0.6) is 11.5 Å². The average molecular weight is 595 g/mol. The molecule has 1 aliphatic heterocycles. The molecule has 3 aromatic rings. The van der Waals surface area contributed by atoms with Crippen molar-refractivity contribution in [1.82, 2.24) is 10.6 Å². The van der Waals surface area contributed by atoms with Gasteiger partial charge in [0.15, 0.2) is 0 Å². The normalized spacial score (nSPS) is 23.0. The van der Waals surface area contributed by atoms with Gasteiger partial charge in [0.1, 0.15) is 23.7 Å². The Kier molecular flexibility index (Phi) is 10.5. The first-order chi connectivity index (χ1) is 20.6. The van der Waals surface area contributed by atoms with Gasteiger partial charge in [0.05, 0.1) is 24.9 Å². The highest BCUT2D eigenvalue weighted by atomic mass is 16.7. The fourth-order valence-electron chi connectivity index (χ4n) is 4.69. The summed E-state index contributed by atoms with van der Waals surface area (Å²) in [6.07, 6.45) is -7.29. The molecule has 0 unspecified atom stereocenters. The lowest BCUT2D eigenvalue weighted by Crippen LogP contribution is -2.68. The van der Waals surface area contributed by atoms with E-state index in [1.807, 2.05) is 6.07 Å². The van der Waals surface area contributed by atoms with Gasteiger partial charge >= 0.3 is 5.97 Å². The number of carboxylic acid groups (broad SMARTS) is 1. The monoisotopic (exact) mass is 594 g/mol. The number of hydrogen-bond acceptors (Lipinski definition) is 9. The molecule has 0 spiro atoms. The molecule has 0 aliphatic carbocycles. The van der Waals surface area contributed by atoms with Crippen molar-refractivity contribution in [1.29, 1.82) is 0 Å². The van der Waals surface area contributed by atoms with E-state index in [1.54, 1.807) is 66.7 Å². The van der Waals surface area contributed by atoms with Gasteiger partial charge < -0.3 is 45.3 Å². The average Bonchev–Trinajstić information content (AvgIpc) is 3.00. The molecule has 3 aromatic carbocycles. The number of amides is 2. The highest BCUT2D eigenvalue weighted by Crippen LogP contribution is 2.34. The molecule has 12 nitrogen and oxygen atoms in total. The lowest BCUT2D eigenvalue weighted by atomic mass is 9.88. The molecule has 43 heavy (non-hydrogen) atoms. The fraction of sp³-hybridized carbons (Fsp3) is 0.323. The van der Waals surface area contributed by atoms with Crippen molar-refractivity contribution in [3.05, 3.63) is 96.1 Å². The molecular weight excluding hydrogens is 560 g/mol. The number of carbonyl (C=O) groups excluding carboxylic acids is 2. The number of ether oxygens (including phenoxy) is 3. The van der Waals surface area contributed by atoms with E-state index in [-0.39, 0.29) is 12.2 Å². The Hall–Kier alpha value is -4.33. The van der Waals surface area contributed by atoms with Crippen molar-refractivity contribution in [2.75, 3.05) is 6.54 Å². The van der Waals surface area contributed by atoms with Crippen LogP contribution in [0.25, 0.3) is 0 Å². The third-order valence-electron chi connectivity index (χ3n) is 6.86. The van der Waals surface area contributed by atoms with Crippen molar-refractivity contribution in [2.24, 2.45) is 0 Å². The highest BCUT2D eigenvalue weighted by molar-refractivity contribution is 5.94. The van der Waals surface area contributed by atoms with E-state index in [1.165, 1.54) is 19.1 Å². The van der Waals surface area contributed by atoms with E-state index in [9.17, 15) is 34.8 Å². The van der Waals surface area contributed by atoms with Crippen LogP contribution in [0.1, 0.15) is 29.3 Å². The maximum absolute atomic E-state index is 12.8. The molecule has 1 heterocycles. The summed E-state index contributed by atoms with van der Waals surface area (Å²) in [5.74, 6) is -4.16. The molecule has 1 saturated heterocycles. The van der Waals surface area contributed by atoms with Crippen LogP contribution in [0.2, 0.25) is 0 Å². The summed E-state index contributed by atoms with van der Waals surface area (Å²) in [5, 5.41) is 47.8. The molecule has 4 rings (SSSR count). The Morgan fingerprint density at radius 2 is 1.63 bits per heavy atom. The Labute approximate surface area is 247 Å². The SMILES string of the molecule is CC(=O)N[C@H]1[C@H]([C@H](O)[C@H](O)CNC(=O)c2cccc(Oc3ccccc3)c2)O[C@](OCc2ccccc2)(C(=O)O)C[C@@H]1O. The van der Waals surface area contributed by atoms with Gasteiger partial charge in [-0.25, -0.2) is 4.79 Å². The molecular formula is C31H34N2O10. The van der Waals surface area contributed by atoms with Crippen LogP contribution >= 0.6 is 0 Å². The van der Waals surface area contributed by atoms with Gasteiger partial charge in [-0.1, -0.05) is 54.6 Å². The summed E-state index contributed by atoms with van der Waals surface area (Å²) in [5.41, 5.74) is 0.845. The highest BCUT2D eigenvalue weighted by Gasteiger charge is 2.55. The minimum atomic E-state index is -2.40. The molecule has 1 aliphatic rings. The molecule has 228 valence electrons. The van der Waals surface area contributed by atoms with Crippen molar-refractivity contribution < 1.29 is 49.0 Å². The van der Waals surface area contributed by atoms with Crippen LogP contribution in [-0.4, -0.2) is 81.0 Å². The van der Waals surface area contributed by atoms with E-state index >= 15 is 0 Å². The first-order valence-corrected chi connectivity index (χ1v) is 13.6. The van der Waals surface area contributed by atoms with Crippen LogP contribution in [0.15, 0.2) is 84.9 Å². The number of hydrogen-bond donors (Lipinski definition) is 6. The molecule has 1 fully saturated rings. The number of nitrogens with one attached hydrogen (secondary N) is 2. The maximum atomic E-state index is 12.8. The maximum Gasteiger partial charge on any atom is 0.364 e. The Morgan fingerprint density at radius 1 is 0.977 bits per heavy atom. The minimum Gasteiger partial charge on any atom is -0.477 e. The van der Waals surface area contributed by atoms with Crippen LogP contribution in [-0.2, 0) is 25.7 Å². The van der Waals surface area contributed by atoms with Crippen molar-refractivity contribution >= 4 is 17.8 Å². The second kappa shape index (κ2) is 14.2. The number of aliphatic hydroxyl groups excluding tert-OH is 3. The standard InChI is InChI=1S/C31H34N2O10/c1-19(34)33-26-24(35)16-31(30(39)40,41-18-20-9-4-2-5-10-20)43-28(26)27(37)25(36)17-32-29(38)21-11-8-14-23(15-21)42-22-12-6-3-7-13-22/h2-15,24-28,35-37H,16-18H2,1H3,(H,32,38)(H,33,34)(H,39,40)/t24-,25+,26+,27+,28+,31-/m0/s1. The Balaban J connectivity index is 1.46. The predicted molar refractivity (Wildman–Crippen MR) is 152 cm³/mol. The summed E-state index contributed by atoms with van der Waals surface area (Å²) in [7, 11) is 0. The van der Waals surface area contributed by atoms with Gasteiger partial charge in [0.2, 0.25) is 5.91 Å². The summed E-state index contributed by atoms with van der Waals surface area (Å²) < 4.78 is 17.1. The van der Waals surface area contributed by atoms with Gasteiger partial charge in [-0.15, -0.1) is 0 Å². The second-order valence-corrected chi connectivity index (χ2v) is 10.1. The third kappa shape index (κ3) is 8.15. The predicted octanol–water partition coefficient (Wildman–Crippen LogP) is 1.58. The minimum absolute atomic E-state index is 0.195. The quantitative estimate of drug-likeness (QED) is 0.180. The molecule has 0 radical (unpaired) electrons. The van der Waals surface area contributed by atoms with Gasteiger partial charge in [-0.3, -0.25) is 9.59 Å². The molecule has 0 bridgehead atoms. The van der Waals surface area contributed by atoms with Crippen LogP contribution in [0, 0.1) is 0 Å². The molecule has 0 saturated carbocycles. The lowest BCUT2D eigenvalue weighted by Gasteiger charge is -2.46. The number of para-hydroxylation sites is 1. The molecule has 6 atom stereocenters.